The van der Waals surface area contributed by atoms with Gasteiger partial charge in [-0.15, -0.1) is 0 Å². The van der Waals surface area contributed by atoms with Crippen LogP contribution in [0.15, 0.2) is 12.1 Å². The fourth-order valence-electron chi connectivity index (χ4n) is 3.08. The van der Waals surface area contributed by atoms with Crippen LogP contribution in [-0.4, -0.2) is 30.7 Å². The fraction of sp³-hybridized carbons (Fsp3) is 0.650. The highest BCUT2D eigenvalue weighted by Gasteiger charge is 2.18. The molecular weight excluding hydrogens is 352 g/mol. The van der Waals surface area contributed by atoms with Crippen molar-refractivity contribution in [2.24, 2.45) is 0 Å². The van der Waals surface area contributed by atoms with Gasteiger partial charge in [0, 0.05) is 29.2 Å². The fourth-order valence-corrected chi connectivity index (χ4v) is 3.30. The van der Waals surface area contributed by atoms with Crippen molar-refractivity contribution in [3.8, 4) is 11.5 Å². The van der Waals surface area contributed by atoms with Gasteiger partial charge in [0.05, 0.1) is 6.61 Å². The lowest BCUT2D eigenvalue weighted by atomic mass is 10.1. The van der Waals surface area contributed by atoms with Crippen LogP contribution in [0.4, 0.5) is 0 Å². The van der Waals surface area contributed by atoms with E-state index in [1.54, 1.807) is 6.07 Å². The summed E-state index contributed by atoms with van der Waals surface area (Å²) in [5, 5.41) is 7.05. The average Bonchev–Trinajstić information content (AvgIpc) is 3.05. The molecule has 1 aromatic carbocycles. The van der Waals surface area contributed by atoms with Crippen molar-refractivity contribution < 1.29 is 14.3 Å². The summed E-state index contributed by atoms with van der Waals surface area (Å²) < 4.78 is 11.4. The van der Waals surface area contributed by atoms with Crippen molar-refractivity contribution in [1.82, 2.24) is 10.6 Å². The summed E-state index contributed by atoms with van der Waals surface area (Å²) in [4.78, 5) is 12.0. The maximum atomic E-state index is 12.0. The molecule has 5 nitrogen and oxygen atoms in total. The Labute approximate surface area is 161 Å². The molecule has 0 saturated heterocycles. The van der Waals surface area contributed by atoms with Crippen LogP contribution in [0.2, 0.25) is 5.02 Å². The maximum Gasteiger partial charge on any atom is 0.258 e. The number of benzene rings is 1. The van der Waals surface area contributed by atoms with Gasteiger partial charge in [-0.3, -0.25) is 4.79 Å². The number of amides is 1. The molecule has 0 spiro atoms. The van der Waals surface area contributed by atoms with Crippen molar-refractivity contribution in [2.45, 2.75) is 71.5 Å². The van der Waals surface area contributed by atoms with Gasteiger partial charge >= 0.3 is 0 Å². The topological polar surface area (TPSA) is 59.6 Å². The van der Waals surface area contributed by atoms with Gasteiger partial charge in [0.1, 0.15) is 0 Å². The molecule has 0 aromatic heterocycles. The number of rotatable bonds is 8. The van der Waals surface area contributed by atoms with Gasteiger partial charge in [0.25, 0.3) is 5.91 Å². The highest BCUT2D eigenvalue weighted by atomic mass is 35.5. The zero-order chi connectivity index (χ0) is 19.2. The molecule has 0 radical (unpaired) electrons. The van der Waals surface area contributed by atoms with Crippen molar-refractivity contribution in [3.05, 3.63) is 22.7 Å². The lowest BCUT2D eigenvalue weighted by molar-refractivity contribution is -0.124. The number of nitrogens with one attached hydrogen (secondary N) is 2. The van der Waals surface area contributed by atoms with E-state index in [2.05, 4.69) is 10.6 Å². The van der Waals surface area contributed by atoms with E-state index in [1.807, 2.05) is 33.8 Å². The van der Waals surface area contributed by atoms with Gasteiger partial charge in [-0.25, -0.2) is 0 Å². The standard InChI is InChI=1S/C20H31ClN2O3/c1-5-25-17-10-14(12-22-15-8-6-7-9-15)16(21)11-18(17)26-13-19(24)23-20(2,3)4/h10-11,15,22H,5-9,12-13H2,1-4H3,(H,23,24). The third-order valence-corrected chi connectivity index (χ3v) is 4.57. The molecule has 1 aliphatic rings. The molecule has 2 N–H and O–H groups in total. The first kappa shape index (κ1) is 20.8. The van der Waals surface area contributed by atoms with Crippen LogP contribution in [0.1, 0.15) is 58.9 Å². The smallest absolute Gasteiger partial charge is 0.258 e. The van der Waals surface area contributed by atoms with Gasteiger partial charge in [0.15, 0.2) is 18.1 Å². The molecule has 0 bridgehead atoms. The van der Waals surface area contributed by atoms with Crippen LogP contribution in [-0.2, 0) is 11.3 Å². The second-order valence-corrected chi connectivity index (χ2v) is 8.18. The minimum absolute atomic E-state index is 0.0760. The summed E-state index contributed by atoms with van der Waals surface area (Å²) >= 11 is 6.43. The molecule has 0 unspecified atom stereocenters. The lowest BCUT2D eigenvalue weighted by Gasteiger charge is -2.21. The third-order valence-electron chi connectivity index (χ3n) is 4.22. The van der Waals surface area contributed by atoms with Crippen LogP contribution in [0.25, 0.3) is 0 Å². The molecule has 0 atom stereocenters. The number of halogens is 1. The Morgan fingerprint density at radius 3 is 2.46 bits per heavy atom. The monoisotopic (exact) mass is 382 g/mol. The predicted molar refractivity (Wildman–Crippen MR) is 105 cm³/mol. The molecule has 1 saturated carbocycles. The van der Waals surface area contributed by atoms with Gasteiger partial charge in [0.2, 0.25) is 0 Å². The predicted octanol–water partition coefficient (Wildman–Crippen LogP) is 4.06. The van der Waals surface area contributed by atoms with Gasteiger partial charge in [-0.2, -0.15) is 0 Å². The van der Waals surface area contributed by atoms with Crippen LogP contribution in [0.3, 0.4) is 0 Å². The largest absolute Gasteiger partial charge is 0.490 e. The quantitative estimate of drug-likeness (QED) is 0.711. The van der Waals surface area contributed by atoms with Crippen LogP contribution >= 0.6 is 11.6 Å². The Kier molecular flexibility index (Phi) is 7.59. The first-order valence-corrected chi connectivity index (χ1v) is 9.78. The Balaban J connectivity index is 2.03. The number of hydrogen-bond acceptors (Lipinski definition) is 4. The Hall–Kier alpha value is -1.46. The van der Waals surface area contributed by atoms with Crippen LogP contribution in [0.5, 0.6) is 11.5 Å². The highest BCUT2D eigenvalue weighted by molar-refractivity contribution is 6.31. The van der Waals surface area contributed by atoms with E-state index in [0.29, 0.717) is 35.7 Å². The molecule has 1 fully saturated rings. The van der Waals surface area contributed by atoms with Crippen LogP contribution < -0.4 is 20.1 Å². The minimum Gasteiger partial charge on any atom is -0.490 e. The van der Waals surface area contributed by atoms with E-state index in [-0.39, 0.29) is 18.1 Å². The lowest BCUT2D eigenvalue weighted by Crippen LogP contribution is -2.43. The van der Waals surface area contributed by atoms with E-state index in [1.165, 1.54) is 25.7 Å². The number of ether oxygens (including phenoxy) is 2. The second-order valence-electron chi connectivity index (χ2n) is 7.77. The molecule has 146 valence electrons. The highest BCUT2D eigenvalue weighted by Crippen LogP contribution is 2.34. The van der Waals surface area contributed by atoms with E-state index >= 15 is 0 Å². The summed E-state index contributed by atoms with van der Waals surface area (Å²) in [6.45, 7) is 8.85. The first-order valence-electron chi connectivity index (χ1n) is 9.41. The third kappa shape index (κ3) is 6.69. The summed E-state index contributed by atoms with van der Waals surface area (Å²) in [5.41, 5.74) is 0.685. The molecule has 1 amide bonds. The van der Waals surface area contributed by atoms with Gasteiger partial charge in [-0.1, -0.05) is 24.4 Å². The average molecular weight is 383 g/mol. The summed E-state index contributed by atoms with van der Waals surface area (Å²) in [5.74, 6) is 0.928. The summed E-state index contributed by atoms with van der Waals surface area (Å²) in [6, 6.07) is 4.21. The van der Waals surface area contributed by atoms with Crippen molar-refractivity contribution >= 4 is 17.5 Å². The van der Waals surface area contributed by atoms with Crippen molar-refractivity contribution in [1.29, 1.82) is 0 Å². The van der Waals surface area contributed by atoms with E-state index in [4.69, 9.17) is 21.1 Å². The van der Waals surface area contributed by atoms with E-state index in [9.17, 15) is 4.79 Å². The second kappa shape index (κ2) is 9.47. The molecule has 0 heterocycles. The Bertz CT molecular complexity index is 608. The number of carbonyl (C=O) groups is 1. The number of hydrogen-bond donors (Lipinski definition) is 2. The van der Waals surface area contributed by atoms with Gasteiger partial charge < -0.3 is 20.1 Å². The molecular formula is C20H31ClN2O3. The molecule has 6 heteroatoms. The zero-order valence-electron chi connectivity index (χ0n) is 16.3. The van der Waals surface area contributed by atoms with Crippen molar-refractivity contribution in [3.63, 3.8) is 0 Å². The van der Waals surface area contributed by atoms with Crippen molar-refractivity contribution in [2.75, 3.05) is 13.2 Å². The van der Waals surface area contributed by atoms with Gasteiger partial charge in [-0.05, 0) is 52.2 Å². The van der Waals surface area contributed by atoms with Crippen LogP contribution in [0, 0.1) is 0 Å². The molecule has 26 heavy (non-hydrogen) atoms. The number of carbonyl (C=O) groups excluding carboxylic acids is 1. The minimum atomic E-state index is -0.295. The Morgan fingerprint density at radius 1 is 1.19 bits per heavy atom. The molecule has 2 rings (SSSR count). The van der Waals surface area contributed by atoms with E-state index < -0.39 is 0 Å². The normalized spacial score (nSPS) is 15.1. The van der Waals surface area contributed by atoms with E-state index in [0.717, 1.165) is 5.56 Å². The summed E-state index contributed by atoms with van der Waals surface area (Å²) in [6.07, 6.45) is 5.03. The first-order chi connectivity index (χ1) is 12.3. The SMILES string of the molecule is CCOc1cc(CNC2CCCC2)c(Cl)cc1OCC(=O)NC(C)(C)C. The summed E-state index contributed by atoms with van der Waals surface area (Å²) in [7, 11) is 0. The Morgan fingerprint density at radius 2 is 1.85 bits per heavy atom. The molecule has 1 aliphatic carbocycles. The molecule has 0 aliphatic heterocycles. The maximum absolute atomic E-state index is 12.0. The zero-order valence-corrected chi connectivity index (χ0v) is 17.0. The molecule has 1 aromatic rings.